The van der Waals surface area contributed by atoms with Crippen LogP contribution < -0.4 is 0 Å². The van der Waals surface area contributed by atoms with E-state index in [0.29, 0.717) is 0 Å². The second-order valence-corrected chi connectivity index (χ2v) is 6.72. The fourth-order valence-electron chi connectivity index (χ4n) is 3.83. The zero-order valence-electron chi connectivity index (χ0n) is 11.5. The normalized spacial score (nSPS) is 36.9. The Balaban J connectivity index is 1.72. The number of hydrogen-bond donors (Lipinski definition) is 1. The molecule has 0 unspecified atom stereocenters. The third kappa shape index (κ3) is 1.84. The molecule has 3 aliphatic rings. The van der Waals surface area contributed by atoms with Crippen molar-refractivity contribution in [2.75, 3.05) is 0 Å². The van der Waals surface area contributed by atoms with E-state index >= 15 is 0 Å². The van der Waals surface area contributed by atoms with Crippen LogP contribution in [0.3, 0.4) is 0 Å². The predicted molar refractivity (Wildman–Crippen MR) is 61.1 cm³/mol. The number of nitrogens with zero attached hydrogens (tertiary/aromatic N) is 2. The monoisotopic (exact) mass is 344 g/mol. The Morgan fingerprint density at radius 1 is 1.13 bits per heavy atom. The maximum absolute atomic E-state index is 13.6. The summed E-state index contributed by atoms with van der Waals surface area (Å²) in [6.45, 7) is 0. The van der Waals surface area contributed by atoms with Gasteiger partial charge in [0.2, 0.25) is 0 Å². The average molecular weight is 344 g/mol. The zero-order chi connectivity index (χ0) is 17.0. The molecule has 23 heavy (non-hydrogen) atoms. The number of hydrogen-bond acceptors (Lipinski definition) is 2. The molecule has 2 saturated carbocycles. The van der Waals surface area contributed by atoms with Crippen molar-refractivity contribution in [1.29, 1.82) is 0 Å². The highest BCUT2D eigenvalue weighted by molar-refractivity contribution is 5.39. The van der Waals surface area contributed by atoms with Gasteiger partial charge in [-0.3, -0.25) is 4.68 Å². The molecule has 1 N–H and O–H groups in total. The molecule has 3 nitrogen and oxygen atoms in total. The third-order valence-electron chi connectivity index (χ3n) is 5.21. The SMILES string of the molecule is O[C@H]1c2c(C(F)(F)F)nn(C3CC4(C3)CC4(F)F)c2CC1(F)F. The van der Waals surface area contributed by atoms with Gasteiger partial charge in [-0.05, 0) is 12.8 Å². The molecule has 1 heterocycles. The molecule has 0 aromatic carbocycles. The van der Waals surface area contributed by atoms with E-state index in [0.717, 1.165) is 4.68 Å². The Morgan fingerprint density at radius 3 is 2.17 bits per heavy atom. The van der Waals surface area contributed by atoms with Crippen LogP contribution in [0.4, 0.5) is 30.7 Å². The summed E-state index contributed by atoms with van der Waals surface area (Å²) in [4.78, 5) is 0. The molecule has 0 aliphatic heterocycles. The molecule has 2 fully saturated rings. The van der Waals surface area contributed by atoms with Crippen molar-refractivity contribution in [3.05, 3.63) is 17.0 Å². The summed E-state index contributed by atoms with van der Waals surface area (Å²) in [5.74, 6) is -6.56. The molecule has 0 saturated heterocycles. The lowest BCUT2D eigenvalue weighted by atomic mass is 9.76. The zero-order valence-corrected chi connectivity index (χ0v) is 11.5. The second-order valence-electron chi connectivity index (χ2n) is 6.72. The van der Waals surface area contributed by atoms with E-state index in [1.807, 2.05) is 0 Å². The minimum Gasteiger partial charge on any atom is -0.382 e. The lowest BCUT2D eigenvalue weighted by molar-refractivity contribution is -0.147. The summed E-state index contributed by atoms with van der Waals surface area (Å²) >= 11 is 0. The molecule has 3 aliphatic carbocycles. The van der Waals surface area contributed by atoms with E-state index in [1.54, 1.807) is 0 Å². The maximum Gasteiger partial charge on any atom is 0.435 e. The summed E-state index contributed by atoms with van der Waals surface area (Å²) in [7, 11) is 0. The molecule has 1 spiro atoms. The van der Waals surface area contributed by atoms with Crippen molar-refractivity contribution in [2.24, 2.45) is 5.41 Å². The largest absolute Gasteiger partial charge is 0.435 e. The van der Waals surface area contributed by atoms with Crippen LogP contribution in [0.5, 0.6) is 0 Å². The van der Waals surface area contributed by atoms with E-state index in [2.05, 4.69) is 5.10 Å². The number of aliphatic hydroxyl groups excluding tert-OH is 1. The fourth-order valence-corrected chi connectivity index (χ4v) is 3.83. The molecule has 1 atom stereocenters. The highest BCUT2D eigenvalue weighted by Crippen LogP contribution is 2.74. The molecular weight excluding hydrogens is 333 g/mol. The van der Waals surface area contributed by atoms with Gasteiger partial charge in [0, 0.05) is 17.4 Å². The molecule has 0 bridgehead atoms. The maximum atomic E-state index is 13.6. The lowest BCUT2D eigenvalue weighted by Crippen LogP contribution is -2.34. The number of aliphatic hydroxyl groups is 1. The molecule has 128 valence electrons. The first-order valence-corrected chi connectivity index (χ1v) is 7.00. The third-order valence-corrected chi connectivity index (χ3v) is 5.21. The van der Waals surface area contributed by atoms with Gasteiger partial charge in [0.1, 0.15) is 6.10 Å². The van der Waals surface area contributed by atoms with Gasteiger partial charge in [0.15, 0.2) is 5.69 Å². The molecule has 0 radical (unpaired) electrons. The van der Waals surface area contributed by atoms with Crippen molar-refractivity contribution in [1.82, 2.24) is 9.78 Å². The summed E-state index contributed by atoms with van der Waals surface area (Å²) in [6.07, 6.45) is -9.17. The Hall–Kier alpha value is -1.32. The Labute approximate surface area is 125 Å². The highest BCUT2D eigenvalue weighted by atomic mass is 19.4. The second kappa shape index (κ2) is 3.84. The van der Waals surface area contributed by atoms with Gasteiger partial charge in [-0.1, -0.05) is 0 Å². The first kappa shape index (κ1) is 15.2. The summed E-state index contributed by atoms with van der Waals surface area (Å²) < 4.78 is 93.4. The van der Waals surface area contributed by atoms with Gasteiger partial charge >= 0.3 is 6.18 Å². The standard InChI is InChI=1S/C13H11F7N2O/c14-11(15)3-6-7(9(11)23)8(13(18,19)20)21-22(6)5-1-10(2-5)4-12(10,16)17/h5,9,23H,1-4H2/t5?,9-,10?/m0/s1. The van der Waals surface area contributed by atoms with Crippen LogP contribution >= 0.6 is 0 Å². The number of aromatic nitrogens is 2. The van der Waals surface area contributed by atoms with Crippen LogP contribution in [0.25, 0.3) is 0 Å². The van der Waals surface area contributed by atoms with Crippen molar-refractivity contribution in [2.45, 2.75) is 55.9 Å². The molecule has 0 amide bonds. The van der Waals surface area contributed by atoms with Crippen molar-refractivity contribution in [3.8, 4) is 0 Å². The van der Waals surface area contributed by atoms with Gasteiger partial charge in [0.25, 0.3) is 11.8 Å². The number of fused-ring (bicyclic) bond motifs is 1. The summed E-state index contributed by atoms with van der Waals surface area (Å²) in [5, 5.41) is 12.8. The quantitative estimate of drug-likeness (QED) is 0.792. The highest BCUT2D eigenvalue weighted by Gasteiger charge is 2.76. The molecule has 1 aromatic rings. The van der Waals surface area contributed by atoms with E-state index in [-0.39, 0.29) is 19.3 Å². The van der Waals surface area contributed by atoms with Crippen LogP contribution in [0.2, 0.25) is 0 Å². The topological polar surface area (TPSA) is 38.1 Å². The Bertz CT molecular complexity index is 687. The van der Waals surface area contributed by atoms with Crippen LogP contribution in [-0.4, -0.2) is 26.7 Å². The van der Waals surface area contributed by atoms with E-state index in [9.17, 15) is 35.8 Å². The first-order chi connectivity index (χ1) is 10.4. The van der Waals surface area contributed by atoms with Gasteiger partial charge in [-0.25, -0.2) is 17.6 Å². The van der Waals surface area contributed by atoms with Gasteiger partial charge < -0.3 is 5.11 Å². The van der Waals surface area contributed by atoms with Gasteiger partial charge in [0.05, 0.1) is 18.2 Å². The lowest BCUT2D eigenvalue weighted by Gasteiger charge is -2.36. The number of halogens is 7. The summed E-state index contributed by atoms with van der Waals surface area (Å²) in [5.41, 5.74) is -4.10. The molecule has 4 rings (SSSR count). The van der Waals surface area contributed by atoms with Crippen molar-refractivity contribution < 1.29 is 35.8 Å². The van der Waals surface area contributed by atoms with E-state index in [4.69, 9.17) is 0 Å². The number of rotatable bonds is 1. The smallest absolute Gasteiger partial charge is 0.382 e. The summed E-state index contributed by atoms with van der Waals surface area (Å²) in [6, 6.07) is -0.769. The van der Waals surface area contributed by atoms with Gasteiger partial charge in [-0.15, -0.1) is 0 Å². The minimum atomic E-state index is -5.00. The predicted octanol–water partition coefficient (Wildman–Crippen LogP) is 3.49. The molecule has 1 aromatic heterocycles. The molecule has 10 heteroatoms. The first-order valence-electron chi connectivity index (χ1n) is 7.00. The van der Waals surface area contributed by atoms with Crippen LogP contribution in [0.1, 0.15) is 48.4 Å². The van der Waals surface area contributed by atoms with Crippen LogP contribution in [0, 0.1) is 5.41 Å². The van der Waals surface area contributed by atoms with E-state index in [1.165, 1.54) is 0 Å². The Kier molecular flexibility index (Phi) is 2.54. The minimum absolute atomic E-state index is 0.0902. The molecular formula is C13H11F7N2O. The average Bonchev–Trinajstić information content (AvgIpc) is 2.64. The fraction of sp³-hybridized carbons (Fsp3) is 0.769. The van der Waals surface area contributed by atoms with Crippen molar-refractivity contribution in [3.63, 3.8) is 0 Å². The van der Waals surface area contributed by atoms with Crippen LogP contribution in [0.15, 0.2) is 0 Å². The van der Waals surface area contributed by atoms with Crippen molar-refractivity contribution >= 4 is 0 Å². The number of alkyl halides is 7. The van der Waals surface area contributed by atoms with Crippen LogP contribution in [-0.2, 0) is 12.6 Å². The van der Waals surface area contributed by atoms with E-state index < -0.39 is 59.0 Å². The Morgan fingerprint density at radius 2 is 1.70 bits per heavy atom. The van der Waals surface area contributed by atoms with Gasteiger partial charge in [-0.2, -0.15) is 18.3 Å².